The number of aromatic hydroxyl groups is 1. The first kappa shape index (κ1) is 10.6. The number of benzene rings is 1. The van der Waals surface area contributed by atoms with Crippen LogP contribution in [0, 0.1) is 5.82 Å². The number of H-pyrrole nitrogens is 1. The van der Waals surface area contributed by atoms with E-state index >= 15 is 0 Å². The Morgan fingerprint density at radius 2 is 2.25 bits per heavy atom. The van der Waals surface area contributed by atoms with E-state index < -0.39 is 0 Å². The van der Waals surface area contributed by atoms with E-state index in [0.717, 1.165) is 0 Å². The van der Waals surface area contributed by atoms with Crippen molar-refractivity contribution in [1.82, 2.24) is 20.5 Å². The molecule has 5 nitrogen and oxygen atoms in total. The predicted octanol–water partition coefficient (Wildman–Crippen LogP) is 0.939. The molecule has 0 aliphatic heterocycles. The first-order valence-corrected chi connectivity index (χ1v) is 4.78. The molecule has 0 radical (unpaired) electrons. The van der Waals surface area contributed by atoms with Gasteiger partial charge >= 0.3 is 0 Å². The molecule has 0 spiro atoms. The first-order chi connectivity index (χ1) is 7.75. The summed E-state index contributed by atoms with van der Waals surface area (Å²) in [6.07, 6.45) is 1.41. The SMILES string of the molecule is Oc1ccc(F)cc1CNCc1ncn[nH]1. The van der Waals surface area contributed by atoms with Crippen molar-refractivity contribution >= 4 is 0 Å². The van der Waals surface area contributed by atoms with Crippen LogP contribution >= 0.6 is 0 Å². The van der Waals surface area contributed by atoms with Crippen molar-refractivity contribution in [2.24, 2.45) is 0 Å². The van der Waals surface area contributed by atoms with Gasteiger partial charge in [0.05, 0.1) is 6.54 Å². The molecule has 2 rings (SSSR count). The lowest BCUT2D eigenvalue weighted by Gasteiger charge is -2.05. The van der Waals surface area contributed by atoms with Gasteiger partial charge < -0.3 is 10.4 Å². The molecular weight excluding hydrogens is 211 g/mol. The largest absolute Gasteiger partial charge is 0.508 e. The molecule has 6 heteroatoms. The third kappa shape index (κ3) is 2.54. The molecule has 0 atom stereocenters. The topological polar surface area (TPSA) is 73.8 Å². The van der Waals surface area contributed by atoms with Crippen LogP contribution in [0.2, 0.25) is 0 Å². The first-order valence-electron chi connectivity index (χ1n) is 4.78. The predicted molar refractivity (Wildman–Crippen MR) is 55.0 cm³/mol. The molecule has 0 aliphatic rings. The zero-order chi connectivity index (χ0) is 11.4. The van der Waals surface area contributed by atoms with Gasteiger partial charge in [0.25, 0.3) is 0 Å². The zero-order valence-corrected chi connectivity index (χ0v) is 8.44. The Morgan fingerprint density at radius 1 is 1.38 bits per heavy atom. The fourth-order valence-corrected chi connectivity index (χ4v) is 1.33. The highest BCUT2D eigenvalue weighted by atomic mass is 19.1. The molecule has 0 aliphatic carbocycles. The minimum Gasteiger partial charge on any atom is -0.508 e. The van der Waals surface area contributed by atoms with Gasteiger partial charge in [-0.15, -0.1) is 0 Å². The fourth-order valence-electron chi connectivity index (χ4n) is 1.33. The summed E-state index contributed by atoms with van der Waals surface area (Å²) in [5.74, 6) is 0.400. The summed E-state index contributed by atoms with van der Waals surface area (Å²) in [5, 5.41) is 18.8. The highest BCUT2D eigenvalue weighted by molar-refractivity contribution is 5.32. The van der Waals surface area contributed by atoms with Crippen molar-refractivity contribution in [3.05, 3.63) is 41.7 Å². The molecule has 0 saturated heterocycles. The molecule has 0 bridgehead atoms. The number of hydrogen-bond donors (Lipinski definition) is 3. The number of halogens is 1. The average Bonchev–Trinajstić information content (AvgIpc) is 2.76. The van der Waals surface area contributed by atoms with E-state index in [1.54, 1.807) is 0 Å². The fraction of sp³-hybridized carbons (Fsp3) is 0.200. The lowest BCUT2D eigenvalue weighted by molar-refractivity contribution is 0.461. The van der Waals surface area contributed by atoms with Crippen molar-refractivity contribution in [2.45, 2.75) is 13.1 Å². The molecule has 0 saturated carbocycles. The van der Waals surface area contributed by atoms with Crippen LogP contribution in [-0.2, 0) is 13.1 Å². The van der Waals surface area contributed by atoms with Gasteiger partial charge in [0.2, 0.25) is 0 Å². The quantitative estimate of drug-likeness (QED) is 0.719. The van der Waals surface area contributed by atoms with Crippen LogP contribution in [0.3, 0.4) is 0 Å². The lowest BCUT2D eigenvalue weighted by Crippen LogP contribution is -2.14. The van der Waals surface area contributed by atoms with Gasteiger partial charge in [0.15, 0.2) is 0 Å². The van der Waals surface area contributed by atoms with Crippen molar-refractivity contribution in [3.8, 4) is 5.75 Å². The van der Waals surface area contributed by atoms with E-state index in [9.17, 15) is 9.50 Å². The number of aromatic amines is 1. The number of aromatic nitrogens is 3. The normalized spacial score (nSPS) is 10.6. The number of phenols is 1. The number of nitrogens with one attached hydrogen (secondary N) is 2. The number of rotatable bonds is 4. The van der Waals surface area contributed by atoms with Crippen LogP contribution in [-0.4, -0.2) is 20.3 Å². The van der Waals surface area contributed by atoms with E-state index in [1.165, 1.54) is 24.5 Å². The van der Waals surface area contributed by atoms with Crippen LogP contribution < -0.4 is 5.32 Å². The summed E-state index contributed by atoms with van der Waals surface area (Å²) < 4.78 is 12.9. The van der Waals surface area contributed by atoms with Crippen LogP contribution in [0.4, 0.5) is 4.39 Å². The molecule has 0 amide bonds. The van der Waals surface area contributed by atoms with E-state index in [-0.39, 0.29) is 11.6 Å². The summed E-state index contributed by atoms with van der Waals surface area (Å²) in [4.78, 5) is 3.92. The molecule has 1 aromatic carbocycles. The Hall–Kier alpha value is -1.95. The van der Waals surface area contributed by atoms with E-state index in [1.807, 2.05) is 0 Å². The Balaban J connectivity index is 1.92. The monoisotopic (exact) mass is 222 g/mol. The maximum absolute atomic E-state index is 12.9. The molecule has 1 aromatic heterocycles. The standard InChI is InChI=1S/C10H11FN4O/c11-8-1-2-9(16)7(3-8)4-12-5-10-13-6-14-15-10/h1-3,6,12,16H,4-5H2,(H,13,14,15). The van der Waals surface area contributed by atoms with Gasteiger partial charge in [-0.1, -0.05) is 0 Å². The summed E-state index contributed by atoms with van der Waals surface area (Å²) in [6, 6.07) is 3.85. The summed E-state index contributed by atoms with van der Waals surface area (Å²) >= 11 is 0. The molecule has 1 heterocycles. The molecule has 0 unspecified atom stereocenters. The van der Waals surface area contributed by atoms with Gasteiger partial charge in [-0.3, -0.25) is 5.10 Å². The van der Waals surface area contributed by atoms with Gasteiger partial charge in [-0.2, -0.15) is 5.10 Å². The van der Waals surface area contributed by atoms with E-state index in [2.05, 4.69) is 20.5 Å². The van der Waals surface area contributed by atoms with Crippen LogP contribution in [0.1, 0.15) is 11.4 Å². The zero-order valence-electron chi connectivity index (χ0n) is 8.44. The second-order valence-electron chi connectivity index (χ2n) is 3.31. The summed E-state index contributed by atoms with van der Waals surface area (Å²) in [5.41, 5.74) is 0.513. The van der Waals surface area contributed by atoms with Gasteiger partial charge in [0, 0.05) is 12.1 Å². The maximum Gasteiger partial charge on any atom is 0.138 e. The average molecular weight is 222 g/mol. The van der Waals surface area contributed by atoms with Crippen LogP contribution in [0.15, 0.2) is 24.5 Å². The third-order valence-electron chi connectivity index (χ3n) is 2.11. The maximum atomic E-state index is 12.9. The Labute approximate surface area is 91.3 Å². The second kappa shape index (κ2) is 4.71. The molecule has 3 N–H and O–H groups in total. The minimum atomic E-state index is -0.366. The summed E-state index contributed by atoms with van der Waals surface area (Å²) in [6.45, 7) is 0.847. The molecule has 84 valence electrons. The lowest BCUT2D eigenvalue weighted by atomic mass is 10.2. The number of nitrogens with zero attached hydrogens (tertiary/aromatic N) is 2. The Kier molecular flexibility index (Phi) is 3.11. The van der Waals surface area contributed by atoms with Crippen molar-refractivity contribution in [2.75, 3.05) is 0 Å². The molecule has 16 heavy (non-hydrogen) atoms. The summed E-state index contributed by atoms with van der Waals surface area (Å²) in [7, 11) is 0. The van der Waals surface area contributed by atoms with Gasteiger partial charge in [-0.05, 0) is 18.2 Å². The second-order valence-corrected chi connectivity index (χ2v) is 3.31. The molecule has 0 fully saturated rings. The highest BCUT2D eigenvalue weighted by Gasteiger charge is 2.03. The van der Waals surface area contributed by atoms with E-state index in [4.69, 9.17) is 0 Å². The van der Waals surface area contributed by atoms with Crippen molar-refractivity contribution < 1.29 is 9.50 Å². The van der Waals surface area contributed by atoms with Gasteiger partial charge in [0.1, 0.15) is 23.7 Å². The highest BCUT2D eigenvalue weighted by Crippen LogP contribution is 2.17. The third-order valence-corrected chi connectivity index (χ3v) is 2.11. The van der Waals surface area contributed by atoms with Crippen molar-refractivity contribution in [1.29, 1.82) is 0 Å². The van der Waals surface area contributed by atoms with Crippen LogP contribution in [0.5, 0.6) is 5.75 Å². The smallest absolute Gasteiger partial charge is 0.138 e. The molecule has 2 aromatic rings. The molecular formula is C10H11FN4O. The Morgan fingerprint density at radius 3 is 3.00 bits per heavy atom. The van der Waals surface area contributed by atoms with Gasteiger partial charge in [-0.25, -0.2) is 9.37 Å². The van der Waals surface area contributed by atoms with E-state index in [0.29, 0.717) is 24.5 Å². The number of hydrogen-bond acceptors (Lipinski definition) is 4. The Bertz CT molecular complexity index is 458. The minimum absolute atomic E-state index is 0.0754. The number of phenolic OH excluding ortho intramolecular Hbond substituents is 1. The van der Waals surface area contributed by atoms with Crippen LogP contribution in [0.25, 0.3) is 0 Å². The van der Waals surface area contributed by atoms with Crippen molar-refractivity contribution in [3.63, 3.8) is 0 Å².